The topological polar surface area (TPSA) is 38.3 Å². The number of thioether (sulfide) groups is 1. The number of hydrogen-bond acceptors (Lipinski definition) is 4. The van der Waals surface area contributed by atoms with Crippen LogP contribution in [-0.2, 0) is 0 Å². The van der Waals surface area contributed by atoms with Crippen LogP contribution in [0.5, 0.6) is 5.75 Å². The van der Waals surface area contributed by atoms with Crippen molar-refractivity contribution < 1.29 is 9.53 Å². The normalized spacial score (nSPS) is 12.9. The maximum atomic E-state index is 13.3. The number of Topliss-reactive ketones (excluding diaryl/α,β-unsaturated/α-hetero) is 1. The number of carbonyl (C=O) groups is 1. The molecule has 0 aliphatic carbocycles. The number of benzene rings is 3. The van der Waals surface area contributed by atoms with Gasteiger partial charge < -0.3 is 10.1 Å². The van der Waals surface area contributed by atoms with Gasteiger partial charge in [-0.3, -0.25) is 4.79 Å². The third-order valence-electron chi connectivity index (χ3n) is 4.28. The highest BCUT2D eigenvalue weighted by Gasteiger charge is 2.27. The van der Waals surface area contributed by atoms with Crippen LogP contribution in [0.15, 0.2) is 88.7 Å². The van der Waals surface area contributed by atoms with Crippen molar-refractivity contribution in [2.75, 3.05) is 11.9 Å². The molecule has 0 saturated heterocycles. The quantitative estimate of drug-likeness (QED) is 0.569. The first-order valence-electron chi connectivity index (χ1n) is 8.88. The van der Waals surface area contributed by atoms with Crippen LogP contribution in [0.4, 0.5) is 5.69 Å². The summed E-state index contributed by atoms with van der Waals surface area (Å²) in [5.41, 5.74) is 3.38. The van der Waals surface area contributed by atoms with Crippen LogP contribution < -0.4 is 10.1 Å². The second-order valence-corrected chi connectivity index (χ2v) is 7.11. The minimum atomic E-state index is 0.0133. The first-order valence-corrected chi connectivity index (χ1v) is 9.69. The van der Waals surface area contributed by atoms with E-state index in [0.29, 0.717) is 17.1 Å². The van der Waals surface area contributed by atoms with E-state index < -0.39 is 0 Å². The van der Waals surface area contributed by atoms with Gasteiger partial charge in [0.15, 0.2) is 0 Å². The molecule has 3 aromatic rings. The molecule has 0 bridgehead atoms. The van der Waals surface area contributed by atoms with E-state index in [1.54, 1.807) is 0 Å². The fraction of sp³-hybridized carbons (Fsp3) is 0.0870. The molecule has 4 rings (SSSR count). The van der Waals surface area contributed by atoms with Crippen LogP contribution in [0.2, 0.25) is 0 Å². The van der Waals surface area contributed by atoms with E-state index in [4.69, 9.17) is 4.74 Å². The molecule has 0 saturated carbocycles. The first-order chi connectivity index (χ1) is 13.3. The molecule has 3 nitrogen and oxygen atoms in total. The zero-order chi connectivity index (χ0) is 18.6. The maximum Gasteiger partial charge on any atom is 0.201 e. The van der Waals surface area contributed by atoms with Gasteiger partial charge in [-0.2, -0.15) is 0 Å². The van der Waals surface area contributed by atoms with E-state index in [-0.39, 0.29) is 5.78 Å². The van der Waals surface area contributed by atoms with Gasteiger partial charge >= 0.3 is 0 Å². The van der Waals surface area contributed by atoms with Gasteiger partial charge in [0.25, 0.3) is 0 Å². The highest BCUT2D eigenvalue weighted by Crippen LogP contribution is 2.47. The Labute approximate surface area is 163 Å². The molecule has 0 atom stereocenters. The Balaban J connectivity index is 1.84. The van der Waals surface area contributed by atoms with Crippen molar-refractivity contribution in [2.45, 2.75) is 11.8 Å². The molecule has 0 aromatic heterocycles. The zero-order valence-electron chi connectivity index (χ0n) is 14.9. The number of anilines is 1. The van der Waals surface area contributed by atoms with Crippen molar-refractivity contribution in [1.82, 2.24) is 0 Å². The number of fused-ring (bicyclic) bond motifs is 1. The second-order valence-electron chi connectivity index (χ2n) is 6.05. The largest absolute Gasteiger partial charge is 0.492 e. The van der Waals surface area contributed by atoms with Gasteiger partial charge in [0.2, 0.25) is 5.78 Å². The molecule has 0 unspecified atom stereocenters. The number of carbonyl (C=O) groups excluding carboxylic acids is 1. The minimum Gasteiger partial charge on any atom is -0.492 e. The summed E-state index contributed by atoms with van der Waals surface area (Å²) in [5, 5.41) is 3.48. The lowest BCUT2D eigenvalue weighted by Gasteiger charge is -2.25. The zero-order valence-corrected chi connectivity index (χ0v) is 15.8. The van der Waals surface area contributed by atoms with E-state index in [9.17, 15) is 4.79 Å². The number of ketones is 1. The van der Waals surface area contributed by atoms with Crippen molar-refractivity contribution in [3.63, 3.8) is 0 Å². The molecular weight excluding hydrogens is 354 g/mol. The molecule has 0 amide bonds. The van der Waals surface area contributed by atoms with Crippen LogP contribution in [0.1, 0.15) is 22.8 Å². The van der Waals surface area contributed by atoms with Crippen molar-refractivity contribution in [1.29, 1.82) is 0 Å². The van der Waals surface area contributed by atoms with Crippen molar-refractivity contribution >= 4 is 28.9 Å². The van der Waals surface area contributed by atoms with E-state index in [2.05, 4.69) is 5.32 Å². The Kier molecular flexibility index (Phi) is 4.99. The average molecular weight is 373 g/mol. The van der Waals surface area contributed by atoms with Gasteiger partial charge in [-0.15, -0.1) is 0 Å². The standard InChI is InChI=1S/C23H19NO2S/c1-2-26-18-14-9-15-19-21(18)24-20(16-10-5-3-6-11-16)23(27-19)22(25)17-12-7-4-8-13-17/h3-15,24H,2H2,1H3. The lowest BCUT2D eigenvalue weighted by molar-refractivity contribution is 0.104. The lowest BCUT2D eigenvalue weighted by Crippen LogP contribution is -2.14. The maximum absolute atomic E-state index is 13.3. The monoisotopic (exact) mass is 373 g/mol. The van der Waals surface area contributed by atoms with Gasteiger partial charge in [-0.1, -0.05) is 78.5 Å². The summed E-state index contributed by atoms with van der Waals surface area (Å²) in [7, 11) is 0. The highest BCUT2D eigenvalue weighted by atomic mass is 32.2. The van der Waals surface area contributed by atoms with Gasteiger partial charge in [-0.05, 0) is 24.6 Å². The number of hydrogen-bond donors (Lipinski definition) is 1. The number of para-hydroxylation sites is 1. The summed E-state index contributed by atoms with van der Waals surface area (Å²) in [5.74, 6) is 0.807. The van der Waals surface area contributed by atoms with Crippen LogP contribution in [-0.4, -0.2) is 12.4 Å². The van der Waals surface area contributed by atoms with Gasteiger partial charge in [-0.25, -0.2) is 0 Å². The van der Waals surface area contributed by atoms with E-state index in [1.807, 2.05) is 85.8 Å². The first kappa shape index (κ1) is 17.4. The molecule has 0 fully saturated rings. The number of rotatable bonds is 5. The molecular formula is C23H19NO2S. The van der Waals surface area contributed by atoms with Gasteiger partial charge in [0, 0.05) is 10.5 Å². The Hall–Kier alpha value is -2.98. The van der Waals surface area contributed by atoms with Crippen molar-refractivity contribution in [3.05, 3.63) is 94.9 Å². The van der Waals surface area contributed by atoms with Crippen LogP contribution in [0.3, 0.4) is 0 Å². The summed E-state index contributed by atoms with van der Waals surface area (Å²) in [6.45, 7) is 2.55. The smallest absolute Gasteiger partial charge is 0.201 e. The average Bonchev–Trinajstić information content (AvgIpc) is 2.74. The van der Waals surface area contributed by atoms with E-state index in [1.165, 1.54) is 11.8 Å². The summed E-state index contributed by atoms with van der Waals surface area (Å²) >= 11 is 1.49. The molecule has 4 heteroatoms. The van der Waals surface area contributed by atoms with E-state index >= 15 is 0 Å². The van der Waals surface area contributed by atoms with Gasteiger partial charge in [0.1, 0.15) is 5.75 Å². The summed E-state index contributed by atoms with van der Waals surface area (Å²) in [6.07, 6.45) is 0. The highest BCUT2D eigenvalue weighted by molar-refractivity contribution is 8.04. The number of nitrogens with one attached hydrogen (secondary N) is 1. The predicted molar refractivity (Wildman–Crippen MR) is 111 cm³/mol. The molecule has 0 radical (unpaired) electrons. The number of ether oxygens (including phenoxy) is 1. The molecule has 3 aromatic carbocycles. The molecule has 1 heterocycles. The van der Waals surface area contributed by atoms with Crippen LogP contribution >= 0.6 is 11.8 Å². The Morgan fingerprint density at radius 2 is 1.63 bits per heavy atom. The molecule has 27 heavy (non-hydrogen) atoms. The summed E-state index contributed by atoms with van der Waals surface area (Å²) in [6, 6.07) is 25.2. The summed E-state index contributed by atoms with van der Waals surface area (Å²) in [4.78, 5) is 14.9. The fourth-order valence-electron chi connectivity index (χ4n) is 3.03. The van der Waals surface area contributed by atoms with Crippen molar-refractivity contribution in [3.8, 4) is 5.75 Å². The van der Waals surface area contributed by atoms with Crippen LogP contribution in [0.25, 0.3) is 5.70 Å². The third-order valence-corrected chi connectivity index (χ3v) is 5.44. The second kappa shape index (κ2) is 7.72. The molecule has 1 aliphatic heterocycles. The Morgan fingerprint density at radius 1 is 0.926 bits per heavy atom. The van der Waals surface area contributed by atoms with Crippen LogP contribution in [0, 0.1) is 0 Å². The Bertz CT molecular complexity index is 997. The predicted octanol–water partition coefficient (Wildman–Crippen LogP) is 5.85. The van der Waals surface area contributed by atoms with Crippen molar-refractivity contribution in [2.24, 2.45) is 0 Å². The fourth-order valence-corrected chi connectivity index (χ4v) is 4.13. The van der Waals surface area contributed by atoms with Gasteiger partial charge in [0.05, 0.1) is 22.9 Å². The lowest BCUT2D eigenvalue weighted by atomic mass is 10.1. The molecule has 0 spiro atoms. The molecule has 1 aliphatic rings. The third kappa shape index (κ3) is 3.49. The van der Waals surface area contributed by atoms with E-state index in [0.717, 1.165) is 27.6 Å². The SMILES string of the molecule is CCOc1cccc2c1NC(c1ccccc1)=C(C(=O)c1ccccc1)S2. The number of allylic oxidation sites excluding steroid dienone is 1. The molecule has 1 N–H and O–H groups in total. The molecule has 134 valence electrons. The summed E-state index contributed by atoms with van der Waals surface area (Å²) < 4.78 is 5.79. The Morgan fingerprint density at radius 3 is 2.33 bits per heavy atom. The minimum absolute atomic E-state index is 0.0133.